The van der Waals surface area contributed by atoms with Gasteiger partial charge in [0, 0.05) is 11.8 Å². The SMILES string of the molecule is C=C(C)CC(Cl)CCC(=O)/C=C/C(O)C(CC)CCC.CC. The summed E-state index contributed by atoms with van der Waals surface area (Å²) in [7, 11) is 0. The number of aliphatic hydroxyl groups excluding tert-OH is 1. The van der Waals surface area contributed by atoms with Crippen LogP contribution in [0, 0.1) is 5.92 Å². The predicted molar refractivity (Wildman–Crippen MR) is 98.5 cm³/mol. The summed E-state index contributed by atoms with van der Waals surface area (Å²) in [4.78, 5) is 11.7. The standard InChI is InChI=1S/C17H29ClO2.C2H6/c1-5-7-14(6-2)17(20)11-10-16(19)9-8-15(18)12-13(3)4;1-2/h10-11,14-15,17,20H,3,5-9,12H2,1-2,4H3;1-2H3/b11-10+;. The third kappa shape index (κ3) is 13.1. The second kappa shape index (κ2) is 15.3. The molecule has 130 valence electrons. The van der Waals surface area contributed by atoms with E-state index in [4.69, 9.17) is 11.6 Å². The van der Waals surface area contributed by atoms with Gasteiger partial charge in [0.1, 0.15) is 0 Å². The molecule has 0 aromatic rings. The van der Waals surface area contributed by atoms with Crippen molar-refractivity contribution in [3.8, 4) is 0 Å². The van der Waals surface area contributed by atoms with Gasteiger partial charge in [-0.3, -0.25) is 4.79 Å². The second-order valence-corrected chi connectivity index (χ2v) is 6.19. The van der Waals surface area contributed by atoms with Crippen LogP contribution in [0.4, 0.5) is 0 Å². The molecular weight excluding hydrogens is 296 g/mol. The summed E-state index contributed by atoms with van der Waals surface area (Å²) in [5.41, 5.74) is 1.04. The van der Waals surface area contributed by atoms with Crippen molar-refractivity contribution in [1.29, 1.82) is 0 Å². The summed E-state index contributed by atoms with van der Waals surface area (Å²) >= 11 is 6.11. The van der Waals surface area contributed by atoms with Gasteiger partial charge in [0.25, 0.3) is 0 Å². The van der Waals surface area contributed by atoms with Gasteiger partial charge in [-0.2, -0.15) is 0 Å². The zero-order chi connectivity index (χ0) is 17.5. The van der Waals surface area contributed by atoms with E-state index in [0.29, 0.717) is 12.8 Å². The molecule has 3 unspecified atom stereocenters. The highest BCUT2D eigenvalue weighted by Crippen LogP contribution is 2.17. The van der Waals surface area contributed by atoms with Gasteiger partial charge in [-0.25, -0.2) is 0 Å². The molecule has 2 nitrogen and oxygen atoms in total. The Hall–Kier alpha value is -0.600. The first-order valence-electron chi connectivity index (χ1n) is 8.58. The highest BCUT2D eigenvalue weighted by atomic mass is 35.5. The Morgan fingerprint density at radius 1 is 1.27 bits per heavy atom. The van der Waals surface area contributed by atoms with Crippen LogP contribution in [-0.4, -0.2) is 22.4 Å². The lowest BCUT2D eigenvalue weighted by atomic mass is 9.94. The third-order valence-electron chi connectivity index (χ3n) is 3.42. The van der Waals surface area contributed by atoms with E-state index in [2.05, 4.69) is 20.4 Å². The van der Waals surface area contributed by atoms with E-state index in [1.54, 1.807) is 6.08 Å². The molecule has 0 rings (SSSR count). The van der Waals surface area contributed by atoms with E-state index in [0.717, 1.165) is 31.3 Å². The first-order valence-corrected chi connectivity index (χ1v) is 9.01. The van der Waals surface area contributed by atoms with Crippen LogP contribution in [0.2, 0.25) is 0 Å². The average molecular weight is 331 g/mol. The number of halogens is 1. The summed E-state index contributed by atoms with van der Waals surface area (Å²) in [5.74, 6) is 0.274. The van der Waals surface area contributed by atoms with Crippen molar-refractivity contribution in [3.63, 3.8) is 0 Å². The van der Waals surface area contributed by atoms with Crippen LogP contribution < -0.4 is 0 Å². The van der Waals surface area contributed by atoms with Crippen LogP contribution in [0.15, 0.2) is 24.3 Å². The molecule has 0 aromatic carbocycles. The first kappa shape index (κ1) is 23.7. The Kier molecular flexibility index (Phi) is 16.5. The number of rotatable bonds is 11. The van der Waals surface area contributed by atoms with Crippen molar-refractivity contribution >= 4 is 17.4 Å². The van der Waals surface area contributed by atoms with Crippen LogP contribution in [0.25, 0.3) is 0 Å². The fourth-order valence-electron chi connectivity index (χ4n) is 2.21. The molecule has 0 amide bonds. The van der Waals surface area contributed by atoms with Gasteiger partial charge in [-0.05, 0) is 38.2 Å². The van der Waals surface area contributed by atoms with Gasteiger partial charge >= 0.3 is 0 Å². The van der Waals surface area contributed by atoms with Crippen LogP contribution in [0.3, 0.4) is 0 Å². The van der Waals surface area contributed by atoms with Crippen LogP contribution in [0.5, 0.6) is 0 Å². The van der Waals surface area contributed by atoms with Crippen molar-refractivity contribution in [2.45, 2.75) is 84.6 Å². The number of alkyl halides is 1. The molecule has 1 N–H and O–H groups in total. The monoisotopic (exact) mass is 330 g/mol. The molecule has 0 heterocycles. The molecule has 0 aromatic heterocycles. The summed E-state index contributed by atoms with van der Waals surface area (Å²) in [6, 6.07) is 0. The minimum atomic E-state index is -0.522. The lowest BCUT2D eigenvalue weighted by Crippen LogP contribution is -2.17. The van der Waals surface area contributed by atoms with Gasteiger partial charge in [0.05, 0.1) is 6.10 Å². The summed E-state index contributed by atoms with van der Waals surface area (Å²) in [5, 5.41) is 9.98. The molecule has 0 aliphatic rings. The van der Waals surface area contributed by atoms with E-state index in [9.17, 15) is 9.90 Å². The minimum absolute atomic E-state index is 0.0294. The van der Waals surface area contributed by atoms with Gasteiger partial charge in [0.15, 0.2) is 5.78 Å². The maximum atomic E-state index is 11.7. The highest BCUT2D eigenvalue weighted by Gasteiger charge is 2.14. The van der Waals surface area contributed by atoms with Gasteiger partial charge in [-0.15, -0.1) is 18.2 Å². The largest absolute Gasteiger partial charge is 0.389 e. The summed E-state index contributed by atoms with van der Waals surface area (Å²) in [6.45, 7) is 13.9. The fraction of sp³-hybridized carbons (Fsp3) is 0.737. The summed E-state index contributed by atoms with van der Waals surface area (Å²) in [6.07, 6.45) is 7.40. The molecule has 0 fully saturated rings. The number of ketones is 1. The molecule has 22 heavy (non-hydrogen) atoms. The molecule has 0 bridgehead atoms. The number of carbonyl (C=O) groups is 1. The predicted octanol–water partition coefficient (Wildman–Crippen LogP) is 5.68. The molecular formula is C19H35ClO2. The molecule has 0 aliphatic heterocycles. The number of hydrogen-bond acceptors (Lipinski definition) is 2. The molecule has 3 atom stereocenters. The Labute approximate surface area is 142 Å². The average Bonchev–Trinajstić information content (AvgIpc) is 2.49. The maximum Gasteiger partial charge on any atom is 0.155 e. The van der Waals surface area contributed by atoms with E-state index < -0.39 is 6.10 Å². The number of hydrogen-bond donors (Lipinski definition) is 1. The van der Waals surface area contributed by atoms with Crippen LogP contribution >= 0.6 is 11.6 Å². The second-order valence-electron chi connectivity index (χ2n) is 5.57. The quantitative estimate of drug-likeness (QED) is 0.300. The summed E-state index contributed by atoms with van der Waals surface area (Å²) < 4.78 is 0. The molecule has 3 heteroatoms. The maximum absolute atomic E-state index is 11.7. The normalized spacial score (nSPS) is 14.9. The topological polar surface area (TPSA) is 37.3 Å². The highest BCUT2D eigenvalue weighted by molar-refractivity contribution is 6.20. The fourth-order valence-corrected chi connectivity index (χ4v) is 2.59. The smallest absolute Gasteiger partial charge is 0.155 e. The van der Waals surface area contributed by atoms with Gasteiger partial charge < -0.3 is 5.11 Å². The van der Waals surface area contributed by atoms with Crippen molar-refractivity contribution in [2.24, 2.45) is 5.92 Å². The van der Waals surface area contributed by atoms with Crippen LogP contribution in [0.1, 0.15) is 73.1 Å². The van der Waals surface area contributed by atoms with Crippen LogP contribution in [-0.2, 0) is 4.79 Å². The van der Waals surface area contributed by atoms with Crippen molar-refractivity contribution < 1.29 is 9.90 Å². The number of aliphatic hydroxyl groups is 1. The Balaban J connectivity index is 0. The van der Waals surface area contributed by atoms with E-state index in [1.807, 2.05) is 20.8 Å². The van der Waals surface area contributed by atoms with E-state index in [-0.39, 0.29) is 17.1 Å². The van der Waals surface area contributed by atoms with E-state index in [1.165, 1.54) is 6.08 Å². The molecule has 0 radical (unpaired) electrons. The minimum Gasteiger partial charge on any atom is -0.389 e. The lowest BCUT2D eigenvalue weighted by Gasteiger charge is -2.17. The van der Waals surface area contributed by atoms with Crippen molar-refractivity contribution in [1.82, 2.24) is 0 Å². The molecule has 0 aliphatic carbocycles. The molecule has 0 saturated heterocycles. The molecule has 0 saturated carbocycles. The Morgan fingerprint density at radius 3 is 2.32 bits per heavy atom. The Bertz CT molecular complexity index is 323. The van der Waals surface area contributed by atoms with Crippen molar-refractivity contribution in [3.05, 3.63) is 24.3 Å². The molecule has 0 spiro atoms. The first-order chi connectivity index (χ1) is 10.4. The van der Waals surface area contributed by atoms with E-state index >= 15 is 0 Å². The number of allylic oxidation sites excluding steroid dienone is 2. The number of carbonyl (C=O) groups excluding carboxylic acids is 1. The zero-order valence-corrected chi connectivity index (χ0v) is 15.8. The zero-order valence-electron chi connectivity index (χ0n) is 15.1. The lowest BCUT2D eigenvalue weighted by molar-refractivity contribution is -0.114. The van der Waals surface area contributed by atoms with Gasteiger partial charge in [0.2, 0.25) is 0 Å². The van der Waals surface area contributed by atoms with Crippen molar-refractivity contribution in [2.75, 3.05) is 0 Å². The van der Waals surface area contributed by atoms with Gasteiger partial charge in [-0.1, -0.05) is 52.2 Å². The Morgan fingerprint density at radius 2 is 1.86 bits per heavy atom. The third-order valence-corrected chi connectivity index (χ3v) is 3.79.